The van der Waals surface area contributed by atoms with E-state index in [9.17, 15) is 9.90 Å². The third-order valence-electron chi connectivity index (χ3n) is 3.70. The third-order valence-corrected chi connectivity index (χ3v) is 4.39. The molecule has 1 atom stereocenters. The predicted octanol–water partition coefficient (Wildman–Crippen LogP) is 2.61. The molecule has 2 rings (SSSR count). The zero-order valence-electron chi connectivity index (χ0n) is 11.9. The van der Waals surface area contributed by atoms with E-state index in [1.54, 1.807) is 13.8 Å². The summed E-state index contributed by atoms with van der Waals surface area (Å²) in [6.07, 6.45) is 1.47. The molecular weight excluding hydrogens is 320 g/mol. The SMILES string of the molecule is CC(=O)NC1CCN(c2ccc([C@@H](C)O)c(Br)c2)CC1. The van der Waals surface area contributed by atoms with Gasteiger partial charge in [0.1, 0.15) is 0 Å². The van der Waals surface area contributed by atoms with Gasteiger partial charge in [0, 0.05) is 36.2 Å². The number of hydrogen-bond donors (Lipinski definition) is 2. The van der Waals surface area contributed by atoms with E-state index in [2.05, 4.69) is 32.2 Å². The summed E-state index contributed by atoms with van der Waals surface area (Å²) in [4.78, 5) is 13.4. The monoisotopic (exact) mass is 340 g/mol. The average molecular weight is 341 g/mol. The lowest BCUT2D eigenvalue weighted by Crippen LogP contribution is -2.44. The molecule has 1 saturated heterocycles. The number of hydrogen-bond acceptors (Lipinski definition) is 3. The second kappa shape index (κ2) is 6.59. The molecule has 5 heteroatoms. The first-order chi connectivity index (χ1) is 9.47. The number of piperidine rings is 1. The van der Waals surface area contributed by atoms with Crippen LogP contribution in [0, 0.1) is 0 Å². The first-order valence-corrected chi connectivity index (χ1v) is 7.76. The van der Waals surface area contributed by atoms with Gasteiger partial charge in [0.2, 0.25) is 5.91 Å². The highest BCUT2D eigenvalue weighted by Gasteiger charge is 2.20. The summed E-state index contributed by atoms with van der Waals surface area (Å²) in [5.41, 5.74) is 2.06. The minimum absolute atomic E-state index is 0.0486. The van der Waals surface area contributed by atoms with Crippen molar-refractivity contribution < 1.29 is 9.90 Å². The summed E-state index contributed by atoms with van der Waals surface area (Å²) >= 11 is 3.52. The van der Waals surface area contributed by atoms with E-state index in [0.29, 0.717) is 6.04 Å². The topological polar surface area (TPSA) is 52.6 Å². The van der Waals surface area contributed by atoms with Crippen LogP contribution in [0.5, 0.6) is 0 Å². The molecule has 0 bridgehead atoms. The fourth-order valence-corrected chi connectivity index (χ4v) is 3.32. The summed E-state index contributed by atoms with van der Waals surface area (Å²) in [7, 11) is 0. The lowest BCUT2D eigenvalue weighted by Gasteiger charge is -2.34. The Kier molecular flexibility index (Phi) is 5.05. The minimum Gasteiger partial charge on any atom is -0.389 e. The summed E-state index contributed by atoms with van der Waals surface area (Å²) < 4.78 is 0.939. The Morgan fingerprint density at radius 3 is 2.60 bits per heavy atom. The Balaban J connectivity index is 2.00. The molecule has 4 nitrogen and oxygen atoms in total. The first kappa shape index (κ1) is 15.3. The molecule has 110 valence electrons. The molecule has 0 spiro atoms. The minimum atomic E-state index is -0.469. The van der Waals surface area contributed by atoms with Gasteiger partial charge in [-0.15, -0.1) is 0 Å². The number of nitrogens with zero attached hydrogens (tertiary/aromatic N) is 1. The molecule has 0 radical (unpaired) electrons. The number of halogens is 1. The highest BCUT2D eigenvalue weighted by molar-refractivity contribution is 9.10. The van der Waals surface area contributed by atoms with E-state index in [-0.39, 0.29) is 5.91 Å². The van der Waals surface area contributed by atoms with E-state index in [1.165, 1.54) is 0 Å². The van der Waals surface area contributed by atoms with Gasteiger partial charge in [0.05, 0.1) is 6.10 Å². The van der Waals surface area contributed by atoms with Gasteiger partial charge < -0.3 is 15.3 Å². The molecule has 2 N–H and O–H groups in total. The number of nitrogens with one attached hydrogen (secondary N) is 1. The van der Waals surface area contributed by atoms with E-state index in [0.717, 1.165) is 41.7 Å². The smallest absolute Gasteiger partial charge is 0.217 e. The summed E-state index contributed by atoms with van der Waals surface area (Å²) in [6, 6.07) is 6.36. The molecule has 1 amide bonds. The number of aliphatic hydroxyl groups is 1. The predicted molar refractivity (Wildman–Crippen MR) is 83.8 cm³/mol. The molecule has 1 aromatic rings. The van der Waals surface area contributed by atoms with Crippen LogP contribution in [0.1, 0.15) is 38.4 Å². The largest absolute Gasteiger partial charge is 0.389 e. The van der Waals surface area contributed by atoms with Crippen molar-refractivity contribution in [3.63, 3.8) is 0 Å². The zero-order chi connectivity index (χ0) is 14.7. The van der Waals surface area contributed by atoms with Crippen molar-refractivity contribution in [1.29, 1.82) is 0 Å². The van der Waals surface area contributed by atoms with Crippen LogP contribution in [0.2, 0.25) is 0 Å². The van der Waals surface area contributed by atoms with Crippen LogP contribution in [0.25, 0.3) is 0 Å². The number of carbonyl (C=O) groups is 1. The summed E-state index contributed by atoms with van der Waals surface area (Å²) in [5.74, 6) is 0.0486. The molecule has 20 heavy (non-hydrogen) atoms. The Bertz CT molecular complexity index is 483. The van der Waals surface area contributed by atoms with Crippen LogP contribution in [-0.2, 0) is 4.79 Å². The highest BCUT2D eigenvalue weighted by atomic mass is 79.9. The molecular formula is C15H21BrN2O2. The Labute approximate surface area is 128 Å². The van der Waals surface area contributed by atoms with E-state index in [1.807, 2.05) is 12.1 Å². The van der Waals surface area contributed by atoms with Crippen molar-refractivity contribution in [2.45, 2.75) is 38.8 Å². The summed E-state index contributed by atoms with van der Waals surface area (Å²) in [5, 5.41) is 12.6. The van der Waals surface area contributed by atoms with Crippen LogP contribution in [0.4, 0.5) is 5.69 Å². The molecule has 0 aromatic heterocycles. The van der Waals surface area contributed by atoms with Crippen molar-refractivity contribution in [2.24, 2.45) is 0 Å². The highest BCUT2D eigenvalue weighted by Crippen LogP contribution is 2.29. The fraction of sp³-hybridized carbons (Fsp3) is 0.533. The average Bonchev–Trinajstić information content (AvgIpc) is 2.38. The molecule has 1 aliphatic rings. The molecule has 1 aromatic carbocycles. The van der Waals surface area contributed by atoms with Gasteiger partial charge in [0.15, 0.2) is 0 Å². The molecule has 1 heterocycles. The Hall–Kier alpha value is -1.07. The van der Waals surface area contributed by atoms with Crippen molar-refractivity contribution in [3.05, 3.63) is 28.2 Å². The van der Waals surface area contributed by atoms with Crippen LogP contribution in [0.3, 0.4) is 0 Å². The van der Waals surface area contributed by atoms with Crippen molar-refractivity contribution in [3.8, 4) is 0 Å². The molecule has 0 saturated carbocycles. The van der Waals surface area contributed by atoms with E-state index in [4.69, 9.17) is 0 Å². The maximum absolute atomic E-state index is 11.1. The number of amides is 1. The lowest BCUT2D eigenvalue weighted by atomic mass is 10.0. The quantitative estimate of drug-likeness (QED) is 0.889. The molecule has 0 aliphatic carbocycles. The third kappa shape index (κ3) is 3.73. The van der Waals surface area contributed by atoms with Gasteiger partial charge in [-0.3, -0.25) is 4.79 Å². The maximum atomic E-state index is 11.1. The molecule has 1 fully saturated rings. The van der Waals surface area contributed by atoms with Gasteiger partial charge >= 0.3 is 0 Å². The van der Waals surface area contributed by atoms with Crippen molar-refractivity contribution in [2.75, 3.05) is 18.0 Å². The van der Waals surface area contributed by atoms with Gasteiger partial charge in [-0.1, -0.05) is 22.0 Å². The number of aliphatic hydroxyl groups excluding tert-OH is 1. The van der Waals surface area contributed by atoms with Crippen LogP contribution < -0.4 is 10.2 Å². The standard InChI is InChI=1S/C15H21BrN2O2/c1-10(19)14-4-3-13(9-15(14)16)18-7-5-12(6-8-18)17-11(2)20/h3-4,9-10,12,19H,5-8H2,1-2H3,(H,17,20)/t10-/m1/s1. The van der Waals surface area contributed by atoms with Crippen molar-refractivity contribution in [1.82, 2.24) is 5.32 Å². The second-order valence-electron chi connectivity index (χ2n) is 5.34. The number of anilines is 1. The zero-order valence-corrected chi connectivity index (χ0v) is 13.5. The summed E-state index contributed by atoms with van der Waals surface area (Å²) in [6.45, 7) is 5.20. The van der Waals surface area contributed by atoms with Gasteiger partial charge in [-0.05, 0) is 37.5 Å². The van der Waals surface area contributed by atoms with Crippen molar-refractivity contribution >= 4 is 27.5 Å². The van der Waals surface area contributed by atoms with Crippen LogP contribution in [-0.4, -0.2) is 30.1 Å². The first-order valence-electron chi connectivity index (χ1n) is 6.97. The Morgan fingerprint density at radius 2 is 2.10 bits per heavy atom. The van der Waals surface area contributed by atoms with Gasteiger partial charge in [-0.2, -0.15) is 0 Å². The maximum Gasteiger partial charge on any atom is 0.217 e. The molecule has 0 unspecified atom stereocenters. The number of benzene rings is 1. The normalized spacial score (nSPS) is 17.9. The van der Waals surface area contributed by atoms with Crippen LogP contribution >= 0.6 is 15.9 Å². The fourth-order valence-electron chi connectivity index (χ4n) is 2.62. The van der Waals surface area contributed by atoms with Gasteiger partial charge in [-0.25, -0.2) is 0 Å². The van der Waals surface area contributed by atoms with E-state index >= 15 is 0 Å². The van der Waals surface area contributed by atoms with Crippen LogP contribution in [0.15, 0.2) is 22.7 Å². The second-order valence-corrected chi connectivity index (χ2v) is 6.20. The van der Waals surface area contributed by atoms with E-state index < -0.39 is 6.10 Å². The lowest BCUT2D eigenvalue weighted by molar-refractivity contribution is -0.119. The number of rotatable bonds is 3. The van der Waals surface area contributed by atoms with Gasteiger partial charge in [0.25, 0.3) is 0 Å². The Morgan fingerprint density at radius 1 is 1.45 bits per heavy atom. The molecule has 1 aliphatic heterocycles. The number of carbonyl (C=O) groups excluding carboxylic acids is 1.